The number of likely N-dealkylation sites (tertiary alicyclic amines) is 1. The summed E-state index contributed by atoms with van der Waals surface area (Å²) < 4.78 is 41.2. The first-order valence-corrected chi connectivity index (χ1v) is 11.1. The monoisotopic (exact) mass is 440 g/mol. The predicted molar refractivity (Wildman–Crippen MR) is 103 cm³/mol. The molecule has 0 radical (unpaired) electrons. The topological polar surface area (TPSA) is 77.9 Å². The van der Waals surface area contributed by atoms with Crippen molar-refractivity contribution in [1.29, 1.82) is 0 Å². The van der Waals surface area contributed by atoms with Crippen LogP contribution < -0.4 is 0 Å². The molecule has 1 aliphatic heterocycles. The van der Waals surface area contributed by atoms with E-state index in [4.69, 9.17) is 28.3 Å². The van der Waals surface area contributed by atoms with Gasteiger partial charge < -0.3 is 5.11 Å². The zero-order chi connectivity index (χ0) is 20.4. The van der Waals surface area contributed by atoms with Crippen molar-refractivity contribution in [1.82, 2.24) is 9.21 Å². The number of carboxylic acid groups (broad SMARTS) is 1. The standard InChI is InChI=1S/C17H23Cl2FN2O4S/c1-21(27(2,25)26)13-7-9-22(8-3-4-16(23)24)17(20,11-13)12-5-6-14(18)15(19)10-12/h5-6,10,13H,3-4,7-9,11H2,1-2H3,(H,23,24). The van der Waals surface area contributed by atoms with Crippen LogP contribution in [0.1, 0.15) is 31.2 Å². The maximum Gasteiger partial charge on any atom is 0.303 e. The van der Waals surface area contributed by atoms with Gasteiger partial charge in [0.15, 0.2) is 5.79 Å². The van der Waals surface area contributed by atoms with Crippen molar-refractivity contribution < 1.29 is 22.7 Å². The number of hydrogen-bond donors (Lipinski definition) is 1. The van der Waals surface area contributed by atoms with E-state index in [1.54, 1.807) is 4.90 Å². The van der Waals surface area contributed by atoms with Crippen molar-refractivity contribution in [2.24, 2.45) is 0 Å². The third-order valence-electron chi connectivity index (χ3n) is 4.96. The molecular formula is C17H23Cl2FN2O4S. The largest absolute Gasteiger partial charge is 0.481 e. The number of hydrogen-bond acceptors (Lipinski definition) is 4. The molecule has 0 aliphatic carbocycles. The summed E-state index contributed by atoms with van der Waals surface area (Å²) in [7, 11) is -2.03. The Balaban J connectivity index is 2.34. The molecule has 1 N–H and O–H groups in total. The molecule has 1 aromatic rings. The molecule has 1 aromatic carbocycles. The fourth-order valence-electron chi connectivity index (χ4n) is 3.35. The van der Waals surface area contributed by atoms with Crippen molar-refractivity contribution >= 4 is 39.2 Å². The van der Waals surface area contributed by atoms with E-state index < -0.39 is 27.8 Å². The summed E-state index contributed by atoms with van der Waals surface area (Å²) in [6.45, 7) is 0.527. The van der Waals surface area contributed by atoms with E-state index in [0.29, 0.717) is 18.0 Å². The Morgan fingerprint density at radius 2 is 2.07 bits per heavy atom. The Kier molecular flexibility index (Phi) is 7.13. The highest BCUT2D eigenvalue weighted by atomic mass is 35.5. The SMILES string of the molecule is CN(C1CCN(CCCC(=O)O)C(F)(c2ccc(Cl)c(Cl)c2)C1)S(C)(=O)=O. The summed E-state index contributed by atoms with van der Waals surface area (Å²) in [5.74, 6) is -2.92. The van der Waals surface area contributed by atoms with Crippen LogP contribution in [0.5, 0.6) is 0 Å². The molecule has 10 heteroatoms. The second-order valence-corrected chi connectivity index (χ2v) is 9.65. The van der Waals surface area contributed by atoms with Crippen LogP contribution >= 0.6 is 23.2 Å². The molecule has 1 aliphatic rings. The number of nitrogens with zero attached hydrogens (tertiary/aromatic N) is 2. The van der Waals surface area contributed by atoms with Gasteiger partial charge in [0.2, 0.25) is 10.0 Å². The van der Waals surface area contributed by atoms with Crippen LogP contribution in [0.15, 0.2) is 18.2 Å². The van der Waals surface area contributed by atoms with Gasteiger partial charge >= 0.3 is 5.97 Å². The van der Waals surface area contributed by atoms with Gasteiger partial charge in [0, 0.05) is 44.6 Å². The normalized spacial score (nSPS) is 24.3. The first kappa shape index (κ1) is 22.4. The maximum atomic E-state index is 16.3. The highest BCUT2D eigenvalue weighted by Crippen LogP contribution is 2.42. The van der Waals surface area contributed by atoms with Crippen LogP contribution in [0.25, 0.3) is 0 Å². The Morgan fingerprint density at radius 1 is 1.41 bits per heavy atom. The first-order valence-electron chi connectivity index (χ1n) is 8.49. The number of carboxylic acids is 1. The summed E-state index contributed by atoms with van der Waals surface area (Å²) in [5.41, 5.74) is 0.277. The summed E-state index contributed by atoms with van der Waals surface area (Å²) in [4.78, 5) is 12.3. The number of aliphatic carboxylic acids is 1. The van der Waals surface area contributed by atoms with E-state index in [-0.39, 0.29) is 36.4 Å². The number of benzene rings is 1. The molecule has 0 spiro atoms. The predicted octanol–water partition coefficient (Wildman–Crippen LogP) is 3.34. The number of rotatable bonds is 7. The Labute approximate surface area is 168 Å². The molecular weight excluding hydrogens is 418 g/mol. The molecule has 1 saturated heterocycles. The molecule has 2 rings (SSSR count). The smallest absolute Gasteiger partial charge is 0.303 e. The fraction of sp³-hybridized carbons (Fsp3) is 0.588. The summed E-state index contributed by atoms with van der Waals surface area (Å²) in [5, 5.41) is 9.34. The van der Waals surface area contributed by atoms with Crippen LogP contribution in [0.4, 0.5) is 4.39 Å². The van der Waals surface area contributed by atoms with Crippen LogP contribution in [-0.4, -0.2) is 61.1 Å². The second kappa shape index (κ2) is 8.61. The molecule has 2 atom stereocenters. The molecule has 27 heavy (non-hydrogen) atoms. The Morgan fingerprint density at radius 3 is 2.63 bits per heavy atom. The van der Waals surface area contributed by atoms with Gasteiger partial charge in [-0.25, -0.2) is 17.1 Å². The molecule has 0 bridgehead atoms. The van der Waals surface area contributed by atoms with Crippen LogP contribution in [0.2, 0.25) is 10.0 Å². The minimum atomic E-state index is -3.47. The van der Waals surface area contributed by atoms with Crippen molar-refractivity contribution in [2.45, 2.75) is 37.5 Å². The summed E-state index contributed by atoms with van der Waals surface area (Å²) in [6, 6.07) is 3.95. The van der Waals surface area contributed by atoms with E-state index in [1.807, 2.05) is 0 Å². The van der Waals surface area contributed by atoms with Crippen LogP contribution in [0.3, 0.4) is 0 Å². The zero-order valence-corrected chi connectivity index (χ0v) is 17.5. The van der Waals surface area contributed by atoms with E-state index in [2.05, 4.69) is 0 Å². The van der Waals surface area contributed by atoms with E-state index in [1.165, 1.54) is 29.6 Å². The number of alkyl halides is 1. The lowest BCUT2D eigenvalue weighted by Gasteiger charge is -2.46. The van der Waals surface area contributed by atoms with Crippen molar-refractivity contribution in [3.63, 3.8) is 0 Å². The average Bonchev–Trinajstić information content (AvgIpc) is 2.57. The fourth-order valence-corrected chi connectivity index (χ4v) is 4.37. The van der Waals surface area contributed by atoms with Gasteiger partial charge in [-0.3, -0.25) is 9.69 Å². The van der Waals surface area contributed by atoms with Gasteiger partial charge in [0.1, 0.15) is 0 Å². The first-order chi connectivity index (χ1) is 12.4. The minimum absolute atomic E-state index is 0.0688. The molecule has 2 unspecified atom stereocenters. The zero-order valence-electron chi connectivity index (χ0n) is 15.2. The second-order valence-electron chi connectivity index (χ2n) is 6.80. The van der Waals surface area contributed by atoms with Crippen LogP contribution in [-0.2, 0) is 20.6 Å². The molecule has 152 valence electrons. The average molecular weight is 441 g/mol. The summed E-state index contributed by atoms with van der Waals surface area (Å²) >= 11 is 12.0. The van der Waals surface area contributed by atoms with Gasteiger partial charge in [-0.2, -0.15) is 0 Å². The molecule has 1 fully saturated rings. The van der Waals surface area contributed by atoms with Crippen molar-refractivity contribution in [2.75, 3.05) is 26.4 Å². The molecule has 6 nitrogen and oxygen atoms in total. The van der Waals surface area contributed by atoms with Gasteiger partial charge in [-0.1, -0.05) is 29.3 Å². The van der Waals surface area contributed by atoms with Gasteiger partial charge in [-0.15, -0.1) is 0 Å². The Hall–Kier alpha value is -0.930. The van der Waals surface area contributed by atoms with Gasteiger partial charge in [0.25, 0.3) is 0 Å². The minimum Gasteiger partial charge on any atom is -0.481 e. The number of piperidine rings is 1. The van der Waals surface area contributed by atoms with E-state index in [9.17, 15) is 13.2 Å². The lowest BCUT2D eigenvalue weighted by Crippen LogP contribution is -2.54. The number of sulfonamides is 1. The van der Waals surface area contributed by atoms with Crippen molar-refractivity contribution in [3.8, 4) is 0 Å². The lowest BCUT2D eigenvalue weighted by molar-refractivity contribution is -0.137. The number of halogens is 3. The van der Waals surface area contributed by atoms with Gasteiger partial charge in [-0.05, 0) is 25.0 Å². The quantitative estimate of drug-likeness (QED) is 0.657. The molecule has 0 amide bonds. The highest BCUT2D eigenvalue weighted by molar-refractivity contribution is 7.88. The van der Waals surface area contributed by atoms with E-state index in [0.717, 1.165) is 6.26 Å². The van der Waals surface area contributed by atoms with E-state index >= 15 is 4.39 Å². The number of carbonyl (C=O) groups is 1. The third kappa shape index (κ3) is 5.32. The highest BCUT2D eigenvalue weighted by Gasteiger charge is 2.46. The summed E-state index contributed by atoms with van der Waals surface area (Å²) in [6.07, 6.45) is 1.67. The molecule has 1 heterocycles. The maximum absolute atomic E-state index is 16.3. The Bertz CT molecular complexity index is 808. The van der Waals surface area contributed by atoms with Crippen molar-refractivity contribution in [3.05, 3.63) is 33.8 Å². The van der Waals surface area contributed by atoms with Crippen LogP contribution in [0, 0.1) is 0 Å². The third-order valence-corrected chi connectivity index (χ3v) is 7.04. The molecule has 0 aromatic heterocycles. The van der Waals surface area contributed by atoms with Gasteiger partial charge in [0.05, 0.1) is 16.3 Å². The molecule has 0 saturated carbocycles. The lowest BCUT2D eigenvalue weighted by atomic mass is 9.89.